The van der Waals surface area contributed by atoms with Gasteiger partial charge in [-0.3, -0.25) is 4.79 Å². The summed E-state index contributed by atoms with van der Waals surface area (Å²) in [5.74, 6) is 0.480. The number of piperidine rings is 1. The van der Waals surface area contributed by atoms with Crippen molar-refractivity contribution in [3.63, 3.8) is 0 Å². The van der Waals surface area contributed by atoms with Gasteiger partial charge in [0, 0.05) is 13.1 Å². The molecule has 2 aromatic carbocycles. The number of nitrogens with one attached hydrogen (secondary N) is 1. The van der Waals surface area contributed by atoms with Crippen LogP contribution in [-0.2, 0) is 21.2 Å². The van der Waals surface area contributed by atoms with Crippen LogP contribution in [0.5, 0.6) is 5.75 Å². The number of rotatable bonds is 10. The Kier molecular flexibility index (Phi) is 8.49. The molecular weight excluding hydrogens is 412 g/mol. The second-order valence-electron chi connectivity index (χ2n) is 8.06. The zero-order valence-electron chi connectivity index (χ0n) is 18.1. The molecule has 1 amide bonds. The lowest BCUT2D eigenvalue weighted by Gasteiger charge is -2.31. The second kappa shape index (κ2) is 11.3. The molecule has 7 heteroatoms. The number of hydrogen-bond donors (Lipinski definition) is 1. The lowest BCUT2D eigenvalue weighted by molar-refractivity contribution is -0.126. The van der Waals surface area contributed by atoms with Crippen molar-refractivity contribution < 1.29 is 17.9 Å². The Labute approximate surface area is 185 Å². The molecule has 0 saturated carbocycles. The first-order valence-electron chi connectivity index (χ1n) is 10.9. The van der Waals surface area contributed by atoms with E-state index in [2.05, 4.69) is 5.32 Å². The highest BCUT2D eigenvalue weighted by Crippen LogP contribution is 2.20. The third-order valence-corrected chi connectivity index (χ3v) is 7.44. The lowest BCUT2D eigenvalue weighted by Crippen LogP contribution is -2.46. The molecule has 0 aromatic heterocycles. The van der Waals surface area contributed by atoms with Crippen LogP contribution in [0.2, 0.25) is 0 Å². The third kappa shape index (κ3) is 7.36. The molecular formula is C24H32N2O4S. The van der Waals surface area contributed by atoms with E-state index in [0.717, 1.165) is 23.3 Å². The Morgan fingerprint density at radius 3 is 2.74 bits per heavy atom. The SMILES string of the molecule is Cc1cccc(OCCNC(=O)[C@@H]2CCCN(S(=O)(=O)CCCc3ccccc3)C2)c1. The van der Waals surface area contributed by atoms with Gasteiger partial charge < -0.3 is 10.1 Å². The first kappa shape index (κ1) is 23.3. The summed E-state index contributed by atoms with van der Waals surface area (Å²) in [5.41, 5.74) is 2.26. The molecule has 0 radical (unpaired) electrons. The Bertz CT molecular complexity index is 947. The van der Waals surface area contributed by atoms with E-state index in [1.54, 1.807) is 0 Å². The molecule has 1 aliphatic heterocycles. The van der Waals surface area contributed by atoms with Gasteiger partial charge in [0.15, 0.2) is 0 Å². The van der Waals surface area contributed by atoms with Gasteiger partial charge in [-0.15, -0.1) is 0 Å². The number of sulfonamides is 1. The number of ether oxygens (including phenoxy) is 1. The zero-order valence-corrected chi connectivity index (χ0v) is 18.9. The molecule has 0 aliphatic carbocycles. The number of carbonyl (C=O) groups is 1. The molecule has 31 heavy (non-hydrogen) atoms. The Morgan fingerprint density at radius 1 is 1.16 bits per heavy atom. The van der Waals surface area contributed by atoms with Crippen molar-refractivity contribution in [3.8, 4) is 5.75 Å². The topological polar surface area (TPSA) is 75.7 Å². The fourth-order valence-corrected chi connectivity index (χ4v) is 5.42. The maximum atomic E-state index is 12.8. The molecule has 2 aromatic rings. The fourth-order valence-electron chi connectivity index (χ4n) is 3.83. The zero-order chi connectivity index (χ0) is 22.1. The average Bonchev–Trinajstić information content (AvgIpc) is 2.77. The highest BCUT2D eigenvalue weighted by Gasteiger charge is 2.31. The summed E-state index contributed by atoms with van der Waals surface area (Å²) in [5, 5.41) is 2.89. The molecule has 1 heterocycles. The molecule has 1 atom stereocenters. The quantitative estimate of drug-likeness (QED) is 0.571. The van der Waals surface area contributed by atoms with Gasteiger partial charge in [-0.2, -0.15) is 0 Å². The van der Waals surface area contributed by atoms with E-state index in [1.807, 2.05) is 61.5 Å². The highest BCUT2D eigenvalue weighted by molar-refractivity contribution is 7.89. The van der Waals surface area contributed by atoms with E-state index in [1.165, 1.54) is 4.31 Å². The minimum atomic E-state index is -3.36. The Hall–Kier alpha value is -2.38. The number of amides is 1. The summed E-state index contributed by atoms with van der Waals surface area (Å²) in [6.07, 6.45) is 2.73. The van der Waals surface area contributed by atoms with Crippen LogP contribution in [0.4, 0.5) is 0 Å². The minimum absolute atomic E-state index is 0.1000. The maximum absolute atomic E-state index is 12.8. The largest absolute Gasteiger partial charge is 0.492 e. The van der Waals surface area contributed by atoms with Gasteiger partial charge >= 0.3 is 0 Å². The standard InChI is InChI=1S/C24H32N2O4S/c1-20-8-5-13-23(18-20)30-16-14-25-24(27)22-12-6-15-26(19-22)31(28,29)17-7-11-21-9-3-2-4-10-21/h2-5,8-10,13,18,22H,6-7,11-12,14-17,19H2,1H3,(H,25,27)/t22-/m1/s1. The summed E-state index contributed by atoms with van der Waals surface area (Å²) in [4.78, 5) is 12.5. The summed E-state index contributed by atoms with van der Waals surface area (Å²) in [6.45, 7) is 3.53. The van der Waals surface area contributed by atoms with Crippen LogP contribution in [0.15, 0.2) is 54.6 Å². The van der Waals surface area contributed by atoms with Crippen molar-refractivity contribution in [2.45, 2.75) is 32.6 Å². The second-order valence-corrected chi connectivity index (χ2v) is 10.1. The smallest absolute Gasteiger partial charge is 0.224 e. The number of benzene rings is 2. The Morgan fingerprint density at radius 2 is 1.97 bits per heavy atom. The van der Waals surface area contributed by atoms with E-state index in [4.69, 9.17) is 4.74 Å². The van der Waals surface area contributed by atoms with Crippen molar-refractivity contribution in [1.29, 1.82) is 0 Å². The summed E-state index contributed by atoms with van der Waals surface area (Å²) >= 11 is 0. The summed E-state index contributed by atoms with van der Waals surface area (Å²) < 4.78 is 32.7. The minimum Gasteiger partial charge on any atom is -0.492 e. The molecule has 1 N–H and O–H groups in total. The predicted octanol–water partition coefficient (Wildman–Crippen LogP) is 3.16. The molecule has 0 unspecified atom stereocenters. The monoisotopic (exact) mass is 444 g/mol. The third-order valence-electron chi connectivity index (χ3n) is 5.52. The van der Waals surface area contributed by atoms with Gasteiger partial charge in [-0.05, 0) is 55.9 Å². The molecule has 168 valence electrons. The molecule has 1 aliphatic rings. The number of aryl methyl sites for hydroxylation is 2. The van der Waals surface area contributed by atoms with Crippen LogP contribution in [0, 0.1) is 12.8 Å². The number of carbonyl (C=O) groups excluding carboxylic acids is 1. The molecule has 1 fully saturated rings. The van der Waals surface area contributed by atoms with E-state index >= 15 is 0 Å². The van der Waals surface area contributed by atoms with Gasteiger partial charge in [0.25, 0.3) is 0 Å². The van der Waals surface area contributed by atoms with Crippen molar-refractivity contribution in [2.75, 3.05) is 32.0 Å². The first-order valence-corrected chi connectivity index (χ1v) is 12.5. The first-order chi connectivity index (χ1) is 14.9. The Balaban J connectivity index is 1.41. The van der Waals surface area contributed by atoms with Crippen molar-refractivity contribution >= 4 is 15.9 Å². The van der Waals surface area contributed by atoms with Crippen LogP contribution in [0.3, 0.4) is 0 Å². The average molecular weight is 445 g/mol. The van der Waals surface area contributed by atoms with Crippen molar-refractivity contribution in [3.05, 3.63) is 65.7 Å². The van der Waals surface area contributed by atoms with E-state index < -0.39 is 10.0 Å². The fraction of sp³-hybridized carbons (Fsp3) is 0.458. The molecule has 6 nitrogen and oxygen atoms in total. The predicted molar refractivity (Wildman–Crippen MR) is 123 cm³/mol. The molecule has 3 rings (SSSR count). The highest BCUT2D eigenvalue weighted by atomic mass is 32.2. The van der Waals surface area contributed by atoms with Gasteiger partial charge in [0.05, 0.1) is 18.2 Å². The lowest BCUT2D eigenvalue weighted by atomic mass is 9.99. The van der Waals surface area contributed by atoms with Gasteiger partial charge in [-0.25, -0.2) is 12.7 Å². The van der Waals surface area contributed by atoms with E-state index in [-0.39, 0.29) is 24.1 Å². The maximum Gasteiger partial charge on any atom is 0.224 e. The van der Waals surface area contributed by atoms with Crippen LogP contribution >= 0.6 is 0 Å². The van der Waals surface area contributed by atoms with Gasteiger partial charge in [0.1, 0.15) is 12.4 Å². The normalized spacial score (nSPS) is 17.3. The molecule has 0 spiro atoms. The van der Waals surface area contributed by atoms with Crippen LogP contribution < -0.4 is 10.1 Å². The van der Waals surface area contributed by atoms with Gasteiger partial charge in [0.2, 0.25) is 15.9 Å². The van der Waals surface area contributed by atoms with Crippen LogP contribution in [0.1, 0.15) is 30.4 Å². The summed E-state index contributed by atoms with van der Waals surface area (Å²) in [6, 6.07) is 17.7. The van der Waals surface area contributed by atoms with Crippen LogP contribution in [-0.4, -0.2) is 50.6 Å². The number of nitrogens with zero attached hydrogens (tertiary/aromatic N) is 1. The number of hydrogen-bond acceptors (Lipinski definition) is 4. The van der Waals surface area contributed by atoms with E-state index in [0.29, 0.717) is 39.0 Å². The molecule has 0 bridgehead atoms. The van der Waals surface area contributed by atoms with Crippen molar-refractivity contribution in [2.24, 2.45) is 5.92 Å². The van der Waals surface area contributed by atoms with E-state index in [9.17, 15) is 13.2 Å². The van der Waals surface area contributed by atoms with Crippen LogP contribution in [0.25, 0.3) is 0 Å². The van der Waals surface area contributed by atoms with Gasteiger partial charge in [-0.1, -0.05) is 42.5 Å². The summed E-state index contributed by atoms with van der Waals surface area (Å²) in [7, 11) is -3.36. The van der Waals surface area contributed by atoms with Crippen molar-refractivity contribution in [1.82, 2.24) is 9.62 Å². The molecule has 1 saturated heterocycles.